The van der Waals surface area contributed by atoms with Crippen molar-refractivity contribution in [1.29, 1.82) is 0 Å². The van der Waals surface area contributed by atoms with Crippen LogP contribution < -0.4 is 4.74 Å². The number of aromatic amines is 1. The third-order valence-electron chi connectivity index (χ3n) is 6.20. The van der Waals surface area contributed by atoms with Crippen molar-refractivity contribution >= 4 is 17.8 Å². The number of nitrogens with zero attached hydrogens (tertiary/aromatic N) is 3. The summed E-state index contributed by atoms with van der Waals surface area (Å²) in [7, 11) is 0. The van der Waals surface area contributed by atoms with Gasteiger partial charge in [0.1, 0.15) is 6.10 Å². The highest BCUT2D eigenvalue weighted by atomic mass is 19.4. The van der Waals surface area contributed by atoms with Gasteiger partial charge in [-0.2, -0.15) is 13.2 Å². The number of aromatic nitrogens is 3. The number of hydrogen-bond acceptors (Lipinski definition) is 6. The highest BCUT2D eigenvalue weighted by Gasteiger charge is 2.38. The number of ether oxygens (including phenoxy) is 1. The van der Waals surface area contributed by atoms with E-state index in [1.54, 1.807) is 0 Å². The number of rotatable bonds is 5. The number of nitrogens with one attached hydrogen (secondary N) is 1. The molecule has 13 heteroatoms. The number of hydrogen-bond donors (Lipinski definition) is 3. The number of amides is 1. The molecule has 0 unspecified atom stereocenters. The molecule has 10 nitrogen and oxygen atoms in total. The normalized spacial score (nSPS) is 20.1. The van der Waals surface area contributed by atoms with Crippen LogP contribution in [0.15, 0.2) is 24.3 Å². The number of aliphatic carboxylic acids is 1. The van der Waals surface area contributed by atoms with Gasteiger partial charge >= 0.3 is 18.1 Å². The van der Waals surface area contributed by atoms with Crippen LogP contribution in [0.2, 0.25) is 0 Å². The molecule has 1 saturated carbocycles. The van der Waals surface area contributed by atoms with E-state index < -0.39 is 18.1 Å². The average Bonchev–Trinajstić information content (AvgIpc) is 3.33. The van der Waals surface area contributed by atoms with E-state index in [9.17, 15) is 22.8 Å². The number of carbonyl (C=O) groups excluding carboxylic acids is 1. The lowest BCUT2D eigenvalue weighted by molar-refractivity contribution is -0.192. The molecule has 36 heavy (non-hydrogen) atoms. The molecule has 3 N–H and O–H groups in total. The zero-order chi connectivity index (χ0) is 26.3. The second kappa shape index (κ2) is 11.9. The maximum Gasteiger partial charge on any atom is 0.490 e. The summed E-state index contributed by atoms with van der Waals surface area (Å²) in [6.45, 7) is 1.72. The molecule has 1 aliphatic carbocycles. The van der Waals surface area contributed by atoms with E-state index in [0.717, 1.165) is 57.2 Å². The van der Waals surface area contributed by atoms with Gasteiger partial charge in [0.05, 0.1) is 0 Å². The summed E-state index contributed by atoms with van der Waals surface area (Å²) in [4.78, 5) is 34.6. The molecule has 0 radical (unpaired) electrons. The Balaban J connectivity index is 0.000000454. The lowest BCUT2D eigenvalue weighted by atomic mass is 9.82. The molecule has 1 amide bonds. The lowest BCUT2D eigenvalue weighted by Crippen LogP contribution is -2.35. The van der Waals surface area contributed by atoms with Gasteiger partial charge in [0.15, 0.2) is 0 Å². The molecule has 1 aliphatic heterocycles. The van der Waals surface area contributed by atoms with Gasteiger partial charge in [-0.05, 0) is 68.6 Å². The summed E-state index contributed by atoms with van der Waals surface area (Å²) in [6.07, 6.45) is 1.80. The molecular weight excluding hydrogens is 485 g/mol. The standard InChI is InChI=1S/C21H26N4O4.C2HF3O2/c26-20(25-12-2-1-3-13-25)16-6-4-14(5-7-16)15-8-10-17(11-9-15)29-19-18(21(27)28)22-24-23-19;3-2(4,5)1(6)7/h4-7,15,17H,1-3,8-13H2,(H,27,28)(H,22,23,24);(H,6,7). The Kier molecular flexibility index (Phi) is 8.88. The van der Waals surface area contributed by atoms with Crippen molar-refractivity contribution in [2.24, 2.45) is 0 Å². The minimum atomic E-state index is -5.08. The average molecular weight is 512 g/mol. The van der Waals surface area contributed by atoms with Gasteiger partial charge in [-0.3, -0.25) is 4.79 Å². The Hall–Kier alpha value is -3.64. The number of halogens is 3. The summed E-state index contributed by atoms with van der Waals surface area (Å²) >= 11 is 0. The summed E-state index contributed by atoms with van der Waals surface area (Å²) in [5.41, 5.74) is 1.90. The van der Waals surface area contributed by atoms with Crippen LogP contribution in [-0.4, -0.2) is 73.7 Å². The number of carboxylic acid groups (broad SMARTS) is 2. The van der Waals surface area contributed by atoms with E-state index in [4.69, 9.17) is 19.7 Å². The van der Waals surface area contributed by atoms with Crippen molar-refractivity contribution in [3.8, 4) is 5.88 Å². The first kappa shape index (κ1) is 27.0. The van der Waals surface area contributed by atoms with E-state index in [1.807, 2.05) is 17.0 Å². The Morgan fingerprint density at radius 3 is 2.08 bits per heavy atom. The number of benzene rings is 1. The fourth-order valence-electron chi connectivity index (χ4n) is 4.29. The number of H-pyrrole nitrogens is 1. The quantitative estimate of drug-likeness (QED) is 0.547. The Labute approximate surface area is 204 Å². The molecular formula is C23H27F3N4O6. The molecule has 0 spiro atoms. The highest BCUT2D eigenvalue weighted by Crippen LogP contribution is 2.34. The number of aromatic carboxylic acids is 1. The number of likely N-dealkylation sites (tertiary alicyclic amines) is 1. The fraction of sp³-hybridized carbons (Fsp3) is 0.522. The predicted octanol–water partition coefficient (Wildman–Crippen LogP) is 3.87. The third kappa shape index (κ3) is 7.18. The molecule has 2 aromatic rings. The third-order valence-corrected chi connectivity index (χ3v) is 6.20. The molecule has 2 fully saturated rings. The number of carboxylic acids is 2. The molecule has 1 saturated heterocycles. The van der Waals surface area contributed by atoms with Crippen LogP contribution in [0.5, 0.6) is 5.88 Å². The van der Waals surface area contributed by atoms with Crippen LogP contribution in [-0.2, 0) is 4.79 Å². The second-order valence-corrected chi connectivity index (χ2v) is 8.67. The first-order valence-electron chi connectivity index (χ1n) is 11.6. The first-order valence-corrected chi connectivity index (χ1v) is 11.6. The number of alkyl halides is 3. The van der Waals surface area contributed by atoms with Gasteiger partial charge < -0.3 is 19.8 Å². The fourth-order valence-corrected chi connectivity index (χ4v) is 4.29. The van der Waals surface area contributed by atoms with Gasteiger partial charge in [0.25, 0.3) is 11.8 Å². The molecule has 2 heterocycles. The van der Waals surface area contributed by atoms with Crippen LogP contribution in [0.3, 0.4) is 0 Å². The minimum Gasteiger partial charge on any atom is -0.476 e. The Morgan fingerprint density at radius 2 is 1.56 bits per heavy atom. The van der Waals surface area contributed by atoms with Crippen LogP contribution in [0.1, 0.15) is 77.3 Å². The smallest absolute Gasteiger partial charge is 0.476 e. The second-order valence-electron chi connectivity index (χ2n) is 8.67. The van der Waals surface area contributed by atoms with Crippen molar-refractivity contribution in [2.75, 3.05) is 13.1 Å². The van der Waals surface area contributed by atoms with Crippen LogP contribution in [0.25, 0.3) is 0 Å². The largest absolute Gasteiger partial charge is 0.490 e. The van der Waals surface area contributed by atoms with Crippen LogP contribution >= 0.6 is 0 Å². The Bertz CT molecular complexity index is 1040. The number of carbonyl (C=O) groups is 3. The predicted molar refractivity (Wildman–Crippen MR) is 119 cm³/mol. The van der Waals surface area contributed by atoms with Crippen LogP contribution in [0.4, 0.5) is 13.2 Å². The Morgan fingerprint density at radius 1 is 0.972 bits per heavy atom. The minimum absolute atomic E-state index is 0.0570. The first-order chi connectivity index (χ1) is 17.1. The van der Waals surface area contributed by atoms with Gasteiger partial charge in [-0.25, -0.2) is 14.7 Å². The summed E-state index contributed by atoms with van der Waals surface area (Å²) in [6, 6.07) is 8.04. The molecule has 2 aliphatic rings. The van der Waals surface area contributed by atoms with Gasteiger partial charge in [0.2, 0.25) is 5.69 Å². The molecule has 196 valence electrons. The van der Waals surface area contributed by atoms with Gasteiger partial charge in [-0.15, -0.1) is 0 Å². The lowest BCUT2D eigenvalue weighted by Gasteiger charge is -2.29. The monoisotopic (exact) mass is 512 g/mol. The molecule has 0 bridgehead atoms. The van der Waals surface area contributed by atoms with E-state index in [1.165, 1.54) is 12.0 Å². The van der Waals surface area contributed by atoms with Crippen molar-refractivity contribution in [3.05, 3.63) is 41.1 Å². The molecule has 4 rings (SSSR count). The van der Waals surface area contributed by atoms with E-state index in [0.29, 0.717) is 5.92 Å². The topological polar surface area (TPSA) is 146 Å². The van der Waals surface area contributed by atoms with Gasteiger partial charge in [0, 0.05) is 18.7 Å². The van der Waals surface area contributed by atoms with Gasteiger partial charge in [-0.1, -0.05) is 22.4 Å². The van der Waals surface area contributed by atoms with Crippen molar-refractivity contribution in [3.63, 3.8) is 0 Å². The van der Waals surface area contributed by atoms with Crippen molar-refractivity contribution < 1.29 is 42.5 Å². The zero-order valence-corrected chi connectivity index (χ0v) is 19.3. The van der Waals surface area contributed by atoms with E-state index >= 15 is 0 Å². The molecule has 1 aromatic carbocycles. The highest BCUT2D eigenvalue weighted by molar-refractivity contribution is 5.94. The SMILES string of the molecule is O=C(O)C(F)(F)F.O=C(O)c1[nH]nnc1OC1CCC(c2ccc(C(=O)N3CCCCC3)cc2)CC1. The summed E-state index contributed by atoms with van der Waals surface area (Å²) in [5, 5.41) is 25.8. The van der Waals surface area contributed by atoms with Crippen molar-refractivity contribution in [2.45, 2.75) is 63.1 Å². The summed E-state index contributed by atoms with van der Waals surface area (Å²) < 4.78 is 37.5. The number of piperidine rings is 1. The van der Waals surface area contributed by atoms with E-state index in [2.05, 4.69) is 27.5 Å². The van der Waals surface area contributed by atoms with Crippen molar-refractivity contribution in [1.82, 2.24) is 20.3 Å². The summed E-state index contributed by atoms with van der Waals surface area (Å²) in [5.74, 6) is -3.27. The van der Waals surface area contributed by atoms with E-state index in [-0.39, 0.29) is 23.6 Å². The molecule has 0 atom stereocenters. The molecule has 1 aromatic heterocycles. The van der Waals surface area contributed by atoms with Crippen LogP contribution in [0, 0.1) is 0 Å². The maximum atomic E-state index is 12.6. The zero-order valence-electron chi connectivity index (χ0n) is 19.3. The maximum absolute atomic E-state index is 12.6.